The Kier molecular flexibility index (Phi) is 20.9. The van der Waals surface area contributed by atoms with Gasteiger partial charge in [0.1, 0.15) is 22.9 Å². The van der Waals surface area contributed by atoms with Crippen molar-refractivity contribution < 1.29 is 38.2 Å². The molecule has 4 amide bonds. The molecule has 0 aliphatic carbocycles. The first kappa shape index (κ1) is 55.5. The number of nitrogens with one attached hydrogen (secondary N) is 4. The molecule has 21 heteroatoms. The van der Waals surface area contributed by atoms with Gasteiger partial charge in [0.15, 0.2) is 11.6 Å². The van der Waals surface area contributed by atoms with Gasteiger partial charge in [-0.1, -0.05) is 35.3 Å². The molecule has 0 saturated heterocycles. The highest BCUT2D eigenvalue weighted by Gasteiger charge is 2.27. The fraction of sp³-hybridized carbons (Fsp3) is 0.280. The minimum absolute atomic E-state index is 0.0139. The number of rotatable bonds is 23. The van der Waals surface area contributed by atoms with Crippen molar-refractivity contribution in [1.82, 2.24) is 0 Å². The van der Waals surface area contributed by atoms with E-state index in [-0.39, 0.29) is 43.9 Å². The Bertz CT molecular complexity index is 2810. The smallest absolute Gasteiger partial charge is 0.258 e. The van der Waals surface area contributed by atoms with Gasteiger partial charge in [-0.15, -0.1) is 34.8 Å². The quantitative estimate of drug-likeness (QED) is 0.0279. The molecule has 5 rings (SSSR count). The van der Waals surface area contributed by atoms with Crippen LogP contribution in [0.3, 0.4) is 0 Å². The predicted molar refractivity (Wildman–Crippen MR) is 279 cm³/mol. The van der Waals surface area contributed by atoms with Crippen molar-refractivity contribution in [3.8, 4) is 11.5 Å². The molecule has 372 valence electrons. The lowest BCUT2D eigenvalue weighted by Crippen LogP contribution is -2.32. The summed E-state index contributed by atoms with van der Waals surface area (Å²) >= 11 is 31.7. The molecule has 3 atom stereocenters. The zero-order valence-corrected chi connectivity index (χ0v) is 42.9. The fourth-order valence-electron chi connectivity index (χ4n) is 6.79. The van der Waals surface area contributed by atoms with Gasteiger partial charge in [0.2, 0.25) is 12.1 Å². The van der Waals surface area contributed by atoms with E-state index in [1.807, 2.05) is 26.0 Å². The number of carbonyl (C=O) groups is 6. The standard InChI is InChI=1S/C50H49Cl5N8O8/c1-6-70-35-22-30(16-18-51)20-33(24-35)57-47(66)37-10-8-12-41(43(37)54)60-62-45(28(4)64)49(68)56-32-14-15-40(39(26-32)27(3)53)59-50(69)46(29(5)65)63-61-42-13-9-11-38(44(42)55)48(67)58-34-21-31(17-19-52)23-36(25-34)71-7-2/h8-15,20-27,45-46H,6-7,16-19H2,1-5H3,(H,56,68)(H,57,66)(H,58,67)(H,59,69). The van der Waals surface area contributed by atoms with Gasteiger partial charge >= 0.3 is 0 Å². The number of amides is 4. The van der Waals surface area contributed by atoms with Crippen LogP contribution in [0.1, 0.15) is 77.4 Å². The second-order valence-electron chi connectivity index (χ2n) is 15.5. The van der Waals surface area contributed by atoms with Crippen molar-refractivity contribution in [1.29, 1.82) is 0 Å². The maximum Gasteiger partial charge on any atom is 0.258 e. The number of Topliss-reactive ketones (excluding diaryl/α,β-unsaturated/α-hetero) is 2. The lowest BCUT2D eigenvalue weighted by molar-refractivity contribution is -0.127. The molecule has 5 aromatic rings. The van der Waals surface area contributed by atoms with Crippen molar-refractivity contribution >= 4 is 127 Å². The summed E-state index contributed by atoms with van der Waals surface area (Å²) < 4.78 is 11.3. The fourth-order valence-corrected chi connectivity index (χ4v) is 7.90. The summed E-state index contributed by atoms with van der Waals surface area (Å²) in [6.07, 6.45) is 1.09. The number of nitrogens with zero attached hydrogens (tertiary/aromatic N) is 4. The highest BCUT2D eigenvalue weighted by molar-refractivity contribution is 6.37. The molecule has 0 spiro atoms. The number of carbonyl (C=O) groups excluding carboxylic acids is 6. The first-order valence-corrected chi connectivity index (χ1v) is 24.3. The van der Waals surface area contributed by atoms with Gasteiger partial charge in [0, 0.05) is 46.6 Å². The van der Waals surface area contributed by atoms with Crippen molar-refractivity contribution in [3.63, 3.8) is 0 Å². The molecule has 0 heterocycles. The molecule has 3 unspecified atom stereocenters. The number of aryl methyl sites for hydroxylation is 2. The number of halogens is 5. The minimum atomic E-state index is -1.65. The second-order valence-corrected chi connectivity index (χ2v) is 17.7. The van der Waals surface area contributed by atoms with E-state index in [0.29, 0.717) is 66.3 Å². The number of benzene rings is 5. The predicted octanol–water partition coefficient (Wildman–Crippen LogP) is 12.5. The van der Waals surface area contributed by atoms with Crippen molar-refractivity contribution in [2.24, 2.45) is 20.5 Å². The van der Waals surface area contributed by atoms with Crippen LogP contribution in [0.4, 0.5) is 34.1 Å². The van der Waals surface area contributed by atoms with Gasteiger partial charge in [-0.25, -0.2) is 0 Å². The molecule has 5 aromatic carbocycles. The summed E-state index contributed by atoms with van der Waals surface area (Å²) in [6, 6.07) is 20.5. The van der Waals surface area contributed by atoms with Gasteiger partial charge in [-0.2, -0.15) is 20.5 Å². The molecule has 0 aromatic heterocycles. The van der Waals surface area contributed by atoms with E-state index >= 15 is 0 Å². The largest absolute Gasteiger partial charge is 0.494 e. The molecule has 0 saturated carbocycles. The Morgan fingerprint density at radius 2 is 1.03 bits per heavy atom. The lowest BCUT2D eigenvalue weighted by Gasteiger charge is -2.17. The van der Waals surface area contributed by atoms with E-state index in [1.165, 1.54) is 54.6 Å². The summed E-state index contributed by atoms with van der Waals surface area (Å²) in [4.78, 5) is 79.4. The van der Waals surface area contributed by atoms with E-state index < -0.39 is 52.7 Å². The Labute approximate surface area is 435 Å². The van der Waals surface area contributed by atoms with Crippen LogP contribution in [-0.2, 0) is 32.0 Å². The van der Waals surface area contributed by atoms with Crippen LogP contribution in [0.5, 0.6) is 11.5 Å². The monoisotopic (exact) mass is 1060 g/mol. The summed E-state index contributed by atoms with van der Waals surface area (Å²) in [5.41, 5.74) is 3.42. The number of azo groups is 2. The van der Waals surface area contributed by atoms with Crippen molar-refractivity contribution in [2.45, 2.75) is 64.9 Å². The molecule has 16 nitrogen and oxygen atoms in total. The number of ketones is 2. The summed E-state index contributed by atoms with van der Waals surface area (Å²) in [6.45, 7) is 8.44. The van der Waals surface area contributed by atoms with Crippen LogP contribution in [0.25, 0.3) is 0 Å². The van der Waals surface area contributed by atoms with Crippen LogP contribution in [-0.4, -0.2) is 72.3 Å². The molecule has 0 aliphatic heterocycles. The first-order chi connectivity index (χ1) is 34.0. The van der Waals surface area contributed by atoms with Crippen LogP contribution >= 0.6 is 58.0 Å². The Morgan fingerprint density at radius 1 is 0.577 bits per heavy atom. The Balaban J connectivity index is 1.28. The van der Waals surface area contributed by atoms with Gasteiger partial charge in [-0.3, -0.25) is 28.8 Å². The highest BCUT2D eigenvalue weighted by Crippen LogP contribution is 2.34. The zero-order chi connectivity index (χ0) is 51.8. The van der Waals surface area contributed by atoms with Crippen LogP contribution < -0.4 is 30.7 Å². The Hall–Kier alpha value is -6.43. The van der Waals surface area contributed by atoms with E-state index in [4.69, 9.17) is 67.5 Å². The van der Waals surface area contributed by atoms with E-state index in [9.17, 15) is 28.8 Å². The summed E-state index contributed by atoms with van der Waals surface area (Å²) in [5, 5.41) is 26.1. The molecule has 0 radical (unpaired) electrons. The Morgan fingerprint density at radius 3 is 1.44 bits per heavy atom. The number of alkyl halides is 3. The number of hydrogen-bond acceptors (Lipinski definition) is 12. The third-order valence-corrected chi connectivity index (χ3v) is 11.5. The maximum absolute atomic E-state index is 13.6. The van der Waals surface area contributed by atoms with Crippen LogP contribution in [0.15, 0.2) is 111 Å². The highest BCUT2D eigenvalue weighted by atomic mass is 35.5. The molecular weight excluding hydrogens is 1020 g/mol. The SMILES string of the molecule is CCOc1cc(CCCl)cc(NC(=O)c2cccc(N=NC(C(C)=O)C(=O)Nc3ccc(NC(=O)C(N=Nc4cccc(C(=O)Nc5cc(CCCl)cc(OCC)c5)c4Cl)C(C)=O)c(C(C)Cl)c3)c2Cl)c1. The number of ether oxygens (including phenoxy) is 2. The topological polar surface area (TPSA) is 218 Å². The van der Waals surface area contributed by atoms with Crippen LogP contribution in [0, 0.1) is 0 Å². The second kappa shape index (κ2) is 26.7. The molecule has 0 fully saturated rings. The molecule has 0 bridgehead atoms. The summed E-state index contributed by atoms with van der Waals surface area (Å²) in [7, 11) is 0. The van der Waals surface area contributed by atoms with Gasteiger partial charge in [0.05, 0.1) is 39.8 Å². The van der Waals surface area contributed by atoms with Gasteiger partial charge < -0.3 is 30.7 Å². The third kappa shape index (κ3) is 15.5. The normalized spacial score (nSPS) is 12.5. The molecule has 4 N–H and O–H groups in total. The zero-order valence-electron chi connectivity index (χ0n) is 39.1. The van der Waals surface area contributed by atoms with Gasteiger partial charge in [0.25, 0.3) is 23.6 Å². The number of hydrogen-bond donors (Lipinski definition) is 4. The average molecular weight is 1070 g/mol. The summed E-state index contributed by atoms with van der Waals surface area (Å²) in [5.74, 6) is -2.33. The van der Waals surface area contributed by atoms with E-state index in [2.05, 4.69) is 41.7 Å². The maximum atomic E-state index is 13.6. The minimum Gasteiger partial charge on any atom is -0.494 e. The van der Waals surface area contributed by atoms with Crippen LogP contribution in [0.2, 0.25) is 10.0 Å². The number of anilines is 4. The molecule has 0 aliphatic rings. The molecule has 71 heavy (non-hydrogen) atoms. The van der Waals surface area contributed by atoms with Gasteiger partial charge in [-0.05, 0) is 131 Å². The van der Waals surface area contributed by atoms with E-state index in [1.54, 1.807) is 31.2 Å². The molecular formula is C50H49Cl5N8O8. The van der Waals surface area contributed by atoms with E-state index in [0.717, 1.165) is 25.0 Å². The lowest BCUT2D eigenvalue weighted by atomic mass is 10.1. The average Bonchev–Trinajstić information content (AvgIpc) is 3.30. The van der Waals surface area contributed by atoms with Crippen molar-refractivity contribution in [3.05, 3.63) is 129 Å². The van der Waals surface area contributed by atoms with Crippen molar-refractivity contribution in [2.75, 3.05) is 46.2 Å². The third-order valence-electron chi connectivity index (χ3n) is 10.1. The first-order valence-electron chi connectivity index (χ1n) is 22.0.